The summed E-state index contributed by atoms with van der Waals surface area (Å²) in [5, 5.41) is 8.72. The molecule has 18 heavy (non-hydrogen) atoms. The maximum Gasteiger partial charge on any atom is 0.155 e. The van der Waals surface area contributed by atoms with Crippen LogP contribution in [-0.2, 0) is 15.6 Å². The predicted molar refractivity (Wildman–Crippen MR) is 70.6 cm³/mol. The lowest BCUT2D eigenvalue weighted by Gasteiger charge is -2.11. The number of nitriles is 1. The van der Waals surface area contributed by atoms with Crippen molar-refractivity contribution in [2.24, 2.45) is 5.41 Å². The average Bonchev–Trinajstić information content (AvgIpc) is 2.96. The van der Waals surface area contributed by atoms with Gasteiger partial charge in [-0.15, -0.1) is 0 Å². The maximum atomic E-state index is 12.1. The minimum Gasteiger partial charge on any atom is -0.228 e. The van der Waals surface area contributed by atoms with E-state index in [9.17, 15) is 8.42 Å². The molecule has 1 aromatic carbocycles. The van der Waals surface area contributed by atoms with Crippen LogP contribution in [0.4, 0.5) is 0 Å². The molecule has 0 aliphatic heterocycles. The van der Waals surface area contributed by atoms with Gasteiger partial charge in [-0.2, -0.15) is 5.26 Å². The lowest BCUT2D eigenvalue weighted by Crippen LogP contribution is -2.18. The molecule has 2 rings (SSSR count). The van der Waals surface area contributed by atoms with Gasteiger partial charge >= 0.3 is 0 Å². The normalized spacial score (nSPS) is 17.1. The molecule has 0 amide bonds. The van der Waals surface area contributed by atoms with Gasteiger partial charge in [0.05, 0.1) is 17.6 Å². The van der Waals surface area contributed by atoms with Crippen molar-refractivity contribution in [2.45, 2.75) is 31.9 Å². The van der Waals surface area contributed by atoms with Crippen LogP contribution in [0.3, 0.4) is 0 Å². The Morgan fingerprint density at radius 2 is 2.11 bits per heavy atom. The summed E-state index contributed by atoms with van der Waals surface area (Å²) in [5.41, 5.74) is 1.67. The van der Waals surface area contributed by atoms with E-state index in [0.29, 0.717) is 6.42 Å². The molecule has 0 atom stereocenters. The van der Waals surface area contributed by atoms with E-state index in [4.69, 9.17) is 5.26 Å². The minimum absolute atomic E-state index is 0.0852. The lowest BCUT2D eigenvalue weighted by atomic mass is 10.1. The number of sulfone groups is 1. The van der Waals surface area contributed by atoms with E-state index in [0.717, 1.165) is 24.0 Å². The summed E-state index contributed by atoms with van der Waals surface area (Å²) in [6, 6.07) is 9.68. The van der Waals surface area contributed by atoms with Crippen molar-refractivity contribution >= 4 is 9.84 Å². The summed E-state index contributed by atoms with van der Waals surface area (Å²) < 4.78 is 24.3. The second-order valence-electron chi connectivity index (χ2n) is 5.36. The molecule has 3 nitrogen and oxygen atoms in total. The topological polar surface area (TPSA) is 57.9 Å². The Labute approximate surface area is 108 Å². The Hall–Kier alpha value is -1.34. The van der Waals surface area contributed by atoms with Crippen LogP contribution in [0.2, 0.25) is 0 Å². The second kappa shape index (κ2) is 4.74. The van der Waals surface area contributed by atoms with Crippen LogP contribution < -0.4 is 0 Å². The molecule has 0 aromatic heterocycles. The van der Waals surface area contributed by atoms with E-state index < -0.39 is 9.84 Å². The largest absolute Gasteiger partial charge is 0.228 e. The van der Waals surface area contributed by atoms with Crippen LogP contribution >= 0.6 is 0 Å². The van der Waals surface area contributed by atoms with Crippen LogP contribution in [0.25, 0.3) is 0 Å². The van der Waals surface area contributed by atoms with Crippen LogP contribution in [0.1, 0.15) is 30.4 Å². The van der Waals surface area contributed by atoms with Gasteiger partial charge in [0.15, 0.2) is 9.84 Å². The fourth-order valence-corrected chi connectivity index (χ4v) is 4.40. The van der Waals surface area contributed by atoms with E-state index in [1.54, 1.807) is 0 Å². The molecular weight excluding hydrogens is 246 g/mol. The van der Waals surface area contributed by atoms with Gasteiger partial charge in [0.1, 0.15) is 0 Å². The van der Waals surface area contributed by atoms with Crippen molar-refractivity contribution in [3.05, 3.63) is 35.4 Å². The van der Waals surface area contributed by atoms with Gasteiger partial charge in [-0.3, -0.25) is 0 Å². The SMILES string of the molecule is Cc1cccc(CS(=O)(=O)CC2(CC#N)CC2)c1. The van der Waals surface area contributed by atoms with Gasteiger partial charge in [-0.1, -0.05) is 29.8 Å². The molecule has 0 spiro atoms. The highest BCUT2D eigenvalue weighted by Crippen LogP contribution is 2.49. The molecule has 0 heterocycles. The third-order valence-electron chi connectivity index (χ3n) is 3.41. The standard InChI is InChI=1S/C14H17NO2S/c1-12-3-2-4-13(9-12)10-18(16,17)11-14(5-6-14)7-8-15/h2-4,9H,5-7,10-11H2,1H3. The molecule has 1 aliphatic carbocycles. The predicted octanol–water partition coefficient (Wildman–Crippen LogP) is 2.60. The van der Waals surface area contributed by atoms with Gasteiger partial charge in [-0.25, -0.2) is 8.42 Å². The summed E-state index contributed by atoms with van der Waals surface area (Å²) in [7, 11) is -3.12. The first-order valence-corrected chi connectivity index (χ1v) is 7.90. The molecule has 1 aromatic rings. The summed E-state index contributed by atoms with van der Waals surface area (Å²) in [6.45, 7) is 1.95. The monoisotopic (exact) mass is 263 g/mol. The number of benzene rings is 1. The molecule has 1 aliphatic rings. The Kier molecular flexibility index (Phi) is 3.45. The molecule has 0 radical (unpaired) electrons. The van der Waals surface area contributed by atoms with E-state index in [1.165, 1.54) is 0 Å². The summed E-state index contributed by atoms with van der Waals surface area (Å²) in [6.07, 6.45) is 2.10. The van der Waals surface area contributed by atoms with Crippen molar-refractivity contribution in [1.29, 1.82) is 5.26 Å². The van der Waals surface area contributed by atoms with Gasteiger partial charge in [0.2, 0.25) is 0 Å². The molecular formula is C14H17NO2S. The van der Waals surface area contributed by atoms with Crippen LogP contribution in [0.15, 0.2) is 24.3 Å². The molecule has 4 heteroatoms. The van der Waals surface area contributed by atoms with Crippen molar-refractivity contribution in [2.75, 3.05) is 5.75 Å². The highest BCUT2D eigenvalue weighted by atomic mass is 32.2. The molecule has 0 unspecified atom stereocenters. The van der Waals surface area contributed by atoms with Crippen LogP contribution in [0.5, 0.6) is 0 Å². The lowest BCUT2D eigenvalue weighted by molar-refractivity contribution is 0.547. The van der Waals surface area contributed by atoms with Gasteiger partial charge in [0.25, 0.3) is 0 Å². The first kappa shape index (κ1) is 13.1. The highest BCUT2D eigenvalue weighted by Gasteiger charge is 2.45. The smallest absolute Gasteiger partial charge is 0.155 e. The first-order chi connectivity index (χ1) is 8.45. The molecule has 96 valence electrons. The Morgan fingerprint density at radius 1 is 1.39 bits per heavy atom. The van der Waals surface area contributed by atoms with Crippen LogP contribution in [-0.4, -0.2) is 14.2 Å². The Bertz CT molecular complexity index is 580. The van der Waals surface area contributed by atoms with E-state index >= 15 is 0 Å². The van der Waals surface area contributed by atoms with E-state index in [2.05, 4.69) is 6.07 Å². The first-order valence-electron chi connectivity index (χ1n) is 6.08. The average molecular weight is 263 g/mol. The van der Waals surface area contributed by atoms with Crippen molar-refractivity contribution in [3.63, 3.8) is 0 Å². The van der Waals surface area contributed by atoms with Crippen molar-refractivity contribution in [3.8, 4) is 6.07 Å². The highest BCUT2D eigenvalue weighted by molar-refractivity contribution is 7.90. The number of hydrogen-bond acceptors (Lipinski definition) is 3. The molecule has 0 bridgehead atoms. The molecule has 0 N–H and O–H groups in total. The number of nitrogens with zero attached hydrogens (tertiary/aromatic N) is 1. The van der Waals surface area contributed by atoms with E-state index in [1.807, 2.05) is 31.2 Å². The third-order valence-corrected chi connectivity index (χ3v) is 5.23. The third kappa shape index (κ3) is 3.33. The molecule has 0 saturated heterocycles. The molecule has 1 fully saturated rings. The van der Waals surface area contributed by atoms with Crippen molar-refractivity contribution < 1.29 is 8.42 Å². The summed E-state index contributed by atoms with van der Waals surface area (Å²) >= 11 is 0. The number of aryl methyl sites for hydroxylation is 1. The van der Waals surface area contributed by atoms with Gasteiger partial charge < -0.3 is 0 Å². The van der Waals surface area contributed by atoms with E-state index in [-0.39, 0.29) is 16.9 Å². The number of rotatable bonds is 5. The Balaban J connectivity index is 2.07. The zero-order valence-electron chi connectivity index (χ0n) is 10.5. The van der Waals surface area contributed by atoms with Crippen molar-refractivity contribution in [1.82, 2.24) is 0 Å². The zero-order chi connectivity index (χ0) is 13.2. The van der Waals surface area contributed by atoms with Gasteiger partial charge in [0, 0.05) is 6.42 Å². The Morgan fingerprint density at radius 3 is 2.67 bits per heavy atom. The van der Waals surface area contributed by atoms with Gasteiger partial charge in [-0.05, 0) is 30.7 Å². The fraction of sp³-hybridized carbons (Fsp3) is 0.500. The minimum atomic E-state index is -3.12. The summed E-state index contributed by atoms with van der Waals surface area (Å²) in [4.78, 5) is 0. The molecule has 1 saturated carbocycles. The maximum absolute atomic E-state index is 12.1. The van der Waals surface area contributed by atoms with Crippen LogP contribution in [0, 0.1) is 23.7 Å². The second-order valence-corrected chi connectivity index (χ2v) is 7.42. The number of hydrogen-bond donors (Lipinski definition) is 0. The quantitative estimate of drug-likeness (QED) is 0.820. The summed E-state index contributed by atoms with van der Waals surface area (Å²) in [5.74, 6) is 0.239. The zero-order valence-corrected chi connectivity index (χ0v) is 11.3. The fourth-order valence-electron chi connectivity index (χ4n) is 2.29.